The van der Waals surface area contributed by atoms with Crippen LogP contribution in [0.4, 0.5) is 0 Å². The number of aliphatic carboxylic acids is 1. The van der Waals surface area contributed by atoms with Gasteiger partial charge in [0.25, 0.3) is 0 Å². The Balaban J connectivity index is 1.56. The molecule has 132 valence electrons. The number of thiophene rings is 1. The van der Waals surface area contributed by atoms with Gasteiger partial charge in [-0.15, -0.1) is 11.3 Å². The molecule has 0 amide bonds. The van der Waals surface area contributed by atoms with Gasteiger partial charge in [-0.1, -0.05) is 48.5 Å². The zero-order chi connectivity index (χ0) is 18.2. The topological polar surface area (TPSA) is 46.5 Å². The van der Waals surface area contributed by atoms with E-state index in [1.165, 1.54) is 16.9 Å². The third-order valence-electron chi connectivity index (χ3n) is 3.93. The van der Waals surface area contributed by atoms with E-state index in [2.05, 4.69) is 12.1 Å². The molecule has 3 aromatic rings. The van der Waals surface area contributed by atoms with E-state index in [0.717, 1.165) is 29.0 Å². The Morgan fingerprint density at radius 1 is 1.00 bits per heavy atom. The highest BCUT2D eigenvalue weighted by Crippen LogP contribution is 2.24. The first kappa shape index (κ1) is 18.0. The fourth-order valence-electron chi connectivity index (χ4n) is 2.61. The van der Waals surface area contributed by atoms with E-state index < -0.39 is 5.97 Å². The predicted molar refractivity (Wildman–Crippen MR) is 107 cm³/mol. The average Bonchev–Trinajstić information content (AvgIpc) is 3.19. The summed E-state index contributed by atoms with van der Waals surface area (Å²) in [5, 5.41) is 11.3. The summed E-state index contributed by atoms with van der Waals surface area (Å²) in [4.78, 5) is 12.2. The molecular weight excluding hydrogens is 344 g/mol. The molecule has 0 unspecified atom stereocenters. The van der Waals surface area contributed by atoms with Gasteiger partial charge >= 0.3 is 5.97 Å². The molecule has 1 heterocycles. The molecule has 0 aliphatic heterocycles. The molecule has 1 aromatic heterocycles. The van der Waals surface area contributed by atoms with Crippen LogP contribution < -0.4 is 4.74 Å². The van der Waals surface area contributed by atoms with Gasteiger partial charge in [-0.3, -0.25) is 0 Å². The first-order valence-electron chi connectivity index (χ1n) is 8.48. The van der Waals surface area contributed by atoms with E-state index in [1.54, 1.807) is 6.08 Å². The first-order valence-corrected chi connectivity index (χ1v) is 9.36. The fourth-order valence-corrected chi connectivity index (χ4v) is 3.34. The molecule has 0 saturated carbocycles. The van der Waals surface area contributed by atoms with Gasteiger partial charge in [0.05, 0.1) is 12.2 Å². The number of ether oxygens (including phenoxy) is 1. The summed E-state index contributed by atoms with van der Waals surface area (Å²) >= 11 is 1.42. The zero-order valence-corrected chi connectivity index (χ0v) is 15.1. The van der Waals surface area contributed by atoms with Gasteiger partial charge in [0.1, 0.15) is 5.75 Å². The normalized spacial score (nSPS) is 11.3. The highest BCUT2D eigenvalue weighted by atomic mass is 32.1. The number of carboxylic acids is 1. The zero-order valence-electron chi connectivity index (χ0n) is 14.3. The maximum absolute atomic E-state index is 11.5. The minimum atomic E-state index is -0.923. The molecule has 0 spiro atoms. The van der Waals surface area contributed by atoms with E-state index in [0.29, 0.717) is 12.2 Å². The Bertz CT molecular complexity index is 850. The first-order chi connectivity index (χ1) is 12.7. The molecule has 0 fully saturated rings. The van der Waals surface area contributed by atoms with Crippen molar-refractivity contribution in [1.82, 2.24) is 0 Å². The highest BCUT2D eigenvalue weighted by Gasteiger charge is 2.11. The molecule has 1 N–H and O–H groups in total. The van der Waals surface area contributed by atoms with Gasteiger partial charge in [0.15, 0.2) is 0 Å². The van der Waals surface area contributed by atoms with Crippen molar-refractivity contribution in [1.29, 1.82) is 0 Å². The average molecular weight is 364 g/mol. The molecule has 0 atom stereocenters. The number of carbonyl (C=O) groups is 1. The lowest BCUT2D eigenvalue weighted by atomic mass is 10.1. The van der Waals surface area contributed by atoms with E-state index in [4.69, 9.17) is 4.74 Å². The lowest BCUT2D eigenvalue weighted by Gasteiger charge is -2.07. The maximum atomic E-state index is 11.5. The van der Waals surface area contributed by atoms with E-state index >= 15 is 0 Å². The summed E-state index contributed by atoms with van der Waals surface area (Å²) < 4.78 is 5.77. The predicted octanol–water partition coefficient (Wildman–Crippen LogP) is 5.38. The van der Waals surface area contributed by atoms with Crippen LogP contribution in [-0.4, -0.2) is 17.7 Å². The van der Waals surface area contributed by atoms with Crippen LogP contribution in [0, 0.1) is 0 Å². The van der Waals surface area contributed by atoms with Crippen molar-refractivity contribution in [2.45, 2.75) is 12.8 Å². The van der Waals surface area contributed by atoms with Crippen molar-refractivity contribution in [3.05, 3.63) is 88.1 Å². The highest BCUT2D eigenvalue weighted by molar-refractivity contribution is 7.11. The van der Waals surface area contributed by atoms with Crippen LogP contribution in [0.1, 0.15) is 22.4 Å². The number of carboxylic acid groups (broad SMARTS) is 1. The minimum absolute atomic E-state index is 0.302. The van der Waals surface area contributed by atoms with Crippen LogP contribution in [0.3, 0.4) is 0 Å². The van der Waals surface area contributed by atoms with Crippen LogP contribution >= 0.6 is 11.3 Å². The molecule has 0 saturated heterocycles. The summed E-state index contributed by atoms with van der Waals surface area (Å²) in [5.41, 5.74) is 2.45. The Morgan fingerprint density at radius 3 is 2.42 bits per heavy atom. The Morgan fingerprint density at radius 2 is 1.77 bits per heavy atom. The molecular formula is C22H20O3S. The molecule has 2 aromatic carbocycles. The van der Waals surface area contributed by atoms with Crippen molar-refractivity contribution in [2.75, 3.05) is 6.61 Å². The smallest absolute Gasteiger partial charge is 0.337 e. The number of benzene rings is 2. The molecule has 3 nitrogen and oxygen atoms in total. The molecule has 0 aliphatic rings. The third kappa shape index (κ3) is 5.07. The minimum Gasteiger partial charge on any atom is -0.494 e. The standard InChI is InChI=1S/C22H20O3S/c23-22(24)20(21-9-5-15-26-21)16-18-10-12-19(13-11-18)25-14-4-8-17-6-2-1-3-7-17/h1-3,5-7,9-13,15-16H,4,8,14H2,(H,23,24)/b20-16+. The largest absolute Gasteiger partial charge is 0.494 e. The van der Waals surface area contributed by atoms with Crippen LogP contribution in [0.25, 0.3) is 11.6 Å². The summed E-state index contributed by atoms with van der Waals surface area (Å²) in [7, 11) is 0. The van der Waals surface area contributed by atoms with Crippen LogP contribution in [0.5, 0.6) is 5.75 Å². The molecule has 3 rings (SSSR count). The second-order valence-corrected chi connectivity index (χ2v) is 6.79. The van der Waals surface area contributed by atoms with Crippen molar-refractivity contribution < 1.29 is 14.6 Å². The van der Waals surface area contributed by atoms with Crippen LogP contribution in [0.15, 0.2) is 72.1 Å². The van der Waals surface area contributed by atoms with Crippen LogP contribution in [0.2, 0.25) is 0 Å². The van der Waals surface area contributed by atoms with Crippen molar-refractivity contribution in [2.24, 2.45) is 0 Å². The Hall–Kier alpha value is -2.85. The maximum Gasteiger partial charge on any atom is 0.337 e. The van der Waals surface area contributed by atoms with Gasteiger partial charge < -0.3 is 9.84 Å². The second kappa shape index (κ2) is 9.02. The molecule has 0 aliphatic carbocycles. The van der Waals surface area contributed by atoms with Gasteiger partial charge in [0, 0.05) is 4.88 Å². The van der Waals surface area contributed by atoms with Gasteiger partial charge in [-0.25, -0.2) is 4.79 Å². The molecule has 0 radical (unpaired) electrons. The SMILES string of the molecule is O=C(O)/C(=C/c1ccc(OCCCc2ccccc2)cc1)c1cccs1. The van der Waals surface area contributed by atoms with Gasteiger partial charge in [0.2, 0.25) is 0 Å². The Labute approximate surface area is 157 Å². The van der Waals surface area contributed by atoms with E-state index in [9.17, 15) is 9.90 Å². The van der Waals surface area contributed by atoms with Crippen molar-refractivity contribution >= 4 is 29.0 Å². The monoisotopic (exact) mass is 364 g/mol. The summed E-state index contributed by atoms with van der Waals surface area (Å²) in [6, 6.07) is 21.5. The molecule has 0 bridgehead atoms. The van der Waals surface area contributed by atoms with Crippen LogP contribution in [-0.2, 0) is 11.2 Å². The summed E-state index contributed by atoms with van der Waals surface area (Å²) in [6.07, 6.45) is 3.63. The lowest BCUT2D eigenvalue weighted by Crippen LogP contribution is -1.99. The number of rotatable bonds is 8. The van der Waals surface area contributed by atoms with Gasteiger partial charge in [-0.2, -0.15) is 0 Å². The Kier molecular flexibility index (Phi) is 6.23. The van der Waals surface area contributed by atoms with E-state index in [1.807, 2.05) is 60.0 Å². The van der Waals surface area contributed by atoms with Crippen molar-refractivity contribution in [3.63, 3.8) is 0 Å². The molecule has 26 heavy (non-hydrogen) atoms. The van der Waals surface area contributed by atoms with Gasteiger partial charge in [-0.05, 0) is 53.6 Å². The van der Waals surface area contributed by atoms with E-state index in [-0.39, 0.29) is 0 Å². The number of hydrogen-bond donors (Lipinski definition) is 1. The number of aryl methyl sites for hydroxylation is 1. The molecule has 4 heteroatoms. The van der Waals surface area contributed by atoms with Crippen molar-refractivity contribution in [3.8, 4) is 5.75 Å². The summed E-state index contributed by atoms with van der Waals surface area (Å²) in [5.74, 6) is -0.128. The number of hydrogen-bond acceptors (Lipinski definition) is 3. The second-order valence-electron chi connectivity index (χ2n) is 5.85. The lowest BCUT2D eigenvalue weighted by molar-refractivity contribution is -0.130. The summed E-state index contributed by atoms with van der Waals surface area (Å²) in [6.45, 7) is 0.652. The third-order valence-corrected chi connectivity index (χ3v) is 4.83. The quantitative estimate of drug-likeness (QED) is 0.431. The fraction of sp³-hybridized carbons (Fsp3) is 0.136.